The summed E-state index contributed by atoms with van der Waals surface area (Å²) in [5.41, 5.74) is -0.625. The lowest BCUT2D eigenvalue weighted by molar-refractivity contribution is -0.139. The number of carboxylic acids is 1. The molecule has 144 valence electrons. The zero-order valence-electron chi connectivity index (χ0n) is 13.3. The van der Waals surface area contributed by atoms with Gasteiger partial charge in [-0.2, -0.15) is 13.2 Å². The highest BCUT2D eigenvalue weighted by molar-refractivity contribution is 6.48. The maximum absolute atomic E-state index is 14.5. The smallest absolute Gasteiger partial charge is 0.399 e. The van der Waals surface area contributed by atoms with Crippen molar-refractivity contribution >= 4 is 40.8 Å². The second-order valence-corrected chi connectivity index (χ2v) is 6.72. The predicted octanol–water partition coefficient (Wildman–Crippen LogP) is 7.04. The van der Waals surface area contributed by atoms with Crippen LogP contribution in [0.2, 0.25) is 15.1 Å². The second kappa shape index (κ2) is 8.50. The van der Waals surface area contributed by atoms with Crippen molar-refractivity contribution in [3.8, 4) is 0 Å². The van der Waals surface area contributed by atoms with Gasteiger partial charge in [-0.25, -0.2) is 9.18 Å². The summed E-state index contributed by atoms with van der Waals surface area (Å²) in [6.45, 7) is 0. The molecule has 0 saturated heterocycles. The molecule has 0 radical (unpaired) electrons. The van der Waals surface area contributed by atoms with Crippen molar-refractivity contribution in [2.75, 3.05) is 0 Å². The topological polar surface area (TPSA) is 37.3 Å². The molecule has 0 saturated carbocycles. The van der Waals surface area contributed by atoms with Crippen LogP contribution in [0.1, 0.15) is 17.9 Å². The highest BCUT2D eigenvalue weighted by Crippen LogP contribution is 2.42. The average molecular weight is 442 g/mol. The van der Waals surface area contributed by atoms with E-state index >= 15 is 0 Å². The molecule has 0 bridgehead atoms. The van der Waals surface area contributed by atoms with Crippen LogP contribution in [0.4, 0.5) is 17.6 Å². The zero-order valence-corrected chi connectivity index (χ0v) is 15.6. The minimum absolute atomic E-state index is 0.0561. The number of rotatable bonds is 4. The monoisotopic (exact) mass is 440 g/mol. The first kappa shape index (κ1) is 21.5. The summed E-state index contributed by atoms with van der Waals surface area (Å²) in [6, 6.07) is 1.94. The first-order valence-corrected chi connectivity index (χ1v) is 8.54. The standard InChI is InChI=1S/C18H11Cl3F4O2/c19-13-6-11(7-14(20)16(13)21)12(18(23,24)25)8-15(22)9-2-1-3-10(5-4-9)17(26)27/h2-8,12H,1H2,(H,26,27)/b15-8-. The van der Waals surface area contributed by atoms with E-state index in [1.54, 1.807) is 0 Å². The van der Waals surface area contributed by atoms with Crippen LogP contribution in [0.15, 0.2) is 59.5 Å². The van der Waals surface area contributed by atoms with E-state index in [0.717, 1.165) is 24.3 Å². The maximum atomic E-state index is 14.5. The Bertz CT molecular complexity index is 860. The van der Waals surface area contributed by atoms with E-state index < -0.39 is 23.9 Å². The van der Waals surface area contributed by atoms with Crippen LogP contribution in [0.3, 0.4) is 0 Å². The maximum Gasteiger partial charge on any atom is 0.399 e. The van der Waals surface area contributed by atoms with E-state index in [1.165, 1.54) is 12.2 Å². The first-order valence-electron chi connectivity index (χ1n) is 7.41. The van der Waals surface area contributed by atoms with Crippen molar-refractivity contribution in [3.63, 3.8) is 0 Å². The second-order valence-electron chi connectivity index (χ2n) is 5.53. The Hall–Kier alpha value is -1.76. The summed E-state index contributed by atoms with van der Waals surface area (Å²) >= 11 is 17.3. The van der Waals surface area contributed by atoms with Gasteiger partial charge in [0.15, 0.2) is 0 Å². The van der Waals surface area contributed by atoms with E-state index in [4.69, 9.17) is 39.9 Å². The fraction of sp³-hybridized carbons (Fsp3) is 0.167. The van der Waals surface area contributed by atoms with Gasteiger partial charge >= 0.3 is 12.1 Å². The Kier molecular flexibility index (Phi) is 6.78. The van der Waals surface area contributed by atoms with Crippen LogP contribution in [-0.2, 0) is 4.79 Å². The molecule has 0 amide bonds. The lowest BCUT2D eigenvalue weighted by Gasteiger charge is -2.19. The molecule has 0 fully saturated rings. The number of carbonyl (C=O) groups is 1. The summed E-state index contributed by atoms with van der Waals surface area (Å²) in [5, 5.41) is 8.45. The number of alkyl halides is 3. The molecule has 1 aliphatic rings. The van der Waals surface area contributed by atoms with Gasteiger partial charge in [0.25, 0.3) is 0 Å². The van der Waals surface area contributed by atoms with E-state index in [-0.39, 0.29) is 38.2 Å². The molecule has 0 spiro atoms. The van der Waals surface area contributed by atoms with Gasteiger partial charge in [-0.1, -0.05) is 53.0 Å². The van der Waals surface area contributed by atoms with Crippen molar-refractivity contribution in [1.29, 1.82) is 0 Å². The molecule has 0 aromatic heterocycles. The third kappa shape index (κ3) is 5.37. The number of halogens is 7. The molecule has 2 rings (SSSR count). The van der Waals surface area contributed by atoms with Crippen LogP contribution < -0.4 is 0 Å². The third-order valence-corrected chi connectivity index (χ3v) is 4.87. The van der Waals surface area contributed by atoms with Crippen LogP contribution in [0.5, 0.6) is 0 Å². The lowest BCUT2D eigenvalue weighted by atomic mass is 9.96. The molecule has 1 unspecified atom stereocenters. The van der Waals surface area contributed by atoms with Crippen LogP contribution >= 0.6 is 34.8 Å². The molecule has 0 heterocycles. The summed E-state index contributed by atoms with van der Waals surface area (Å²) in [5.74, 6) is -4.70. The van der Waals surface area contributed by atoms with E-state index in [0.29, 0.717) is 6.08 Å². The Morgan fingerprint density at radius 3 is 2.11 bits per heavy atom. The van der Waals surface area contributed by atoms with Crippen LogP contribution in [0.25, 0.3) is 0 Å². The van der Waals surface area contributed by atoms with Gasteiger partial charge in [-0.3, -0.25) is 0 Å². The van der Waals surface area contributed by atoms with Crippen molar-refractivity contribution in [2.45, 2.75) is 18.5 Å². The molecule has 27 heavy (non-hydrogen) atoms. The highest BCUT2D eigenvalue weighted by Gasteiger charge is 2.40. The van der Waals surface area contributed by atoms with Gasteiger partial charge in [0.2, 0.25) is 0 Å². The van der Waals surface area contributed by atoms with Gasteiger partial charge in [0.1, 0.15) is 11.7 Å². The Balaban J connectivity index is 2.43. The molecule has 1 aromatic carbocycles. The molecule has 1 aliphatic carbocycles. The summed E-state index contributed by atoms with van der Waals surface area (Å²) < 4.78 is 55.0. The predicted molar refractivity (Wildman–Crippen MR) is 97.0 cm³/mol. The van der Waals surface area contributed by atoms with E-state index in [9.17, 15) is 22.4 Å². The number of aliphatic carboxylic acids is 1. The molecule has 1 atom stereocenters. The molecule has 0 aliphatic heterocycles. The largest absolute Gasteiger partial charge is 0.478 e. The van der Waals surface area contributed by atoms with E-state index in [1.807, 2.05) is 0 Å². The Labute approximate surface area is 167 Å². The normalized spacial score (nSPS) is 16.5. The molecule has 1 N–H and O–H groups in total. The SMILES string of the molecule is O=C(O)C1=CCC=C(/C(F)=C/C(c2cc(Cl)c(Cl)c(Cl)c2)C(F)(F)F)C=C1. The molecule has 9 heteroatoms. The lowest BCUT2D eigenvalue weighted by Crippen LogP contribution is -2.19. The minimum atomic E-state index is -4.82. The summed E-state index contributed by atoms with van der Waals surface area (Å²) in [6.07, 6.45) is 0.448. The van der Waals surface area contributed by atoms with Gasteiger partial charge in [0.05, 0.1) is 20.6 Å². The number of hydrogen-bond acceptors (Lipinski definition) is 1. The number of carboxylic acid groups (broad SMARTS) is 1. The third-order valence-electron chi connectivity index (χ3n) is 3.67. The molecular formula is C18H11Cl3F4O2. The number of benzene rings is 1. The summed E-state index contributed by atoms with van der Waals surface area (Å²) in [4.78, 5) is 10.9. The van der Waals surface area contributed by atoms with Crippen molar-refractivity contribution in [1.82, 2.24) is 0 Å². The van der Waals surface area contributed by atoms with Gasteiger partial charge in [0, 0.05) is 5.57 Å². The van der Waals surface area contributed by atoms with Gasteiger partial charge < -0.3 is 5.11 Å². The average Bonchev–Trinajstić information content (AvgIpc) is 2.82. The van der Waals surface area contributed by atoms with Gasteiger partial charge in [-0.05, 0) is 36.3 Å². The van der Waals surface area contributed by atoms with Crippen molar-refractivity contribution in [3.05, 3.63) is 80.1 Å². The number of hydrogen-bond donors (Lipinski definition) is 1. The van der Waals surface area contributed by atoms with Crippen molar-refractivity contribution < 1.29 is 27.5 Å². The molecule has 1 aromatic rings. The summed E-state index contributed by atoms with van der Waals surface area (Å²) in [7, 11) is 0. The fourth-order valence-electron chi connectivity index (χ4n) is 2.34. The minimum Gasteiger partial charge on any atom is -0.478 e. The van der Waals surface area contributed by atoms with Crippen LogP contribution in [-0.4, -0.2) is 17.3 Å². The molecule has 2 nitrogen and oxygen atoms in total. The van der Waals surface area contributed by atoms with Crippen LogP contribution in [0, 0.1) is 0 Å². The van der Waals surface area contributed by atoms with Gasteiger partial charge in [-0.15, -0.1) is 0 Å². The number of allylic oxidation sites excluding steroid dienone is 6. The highest BCUT2D eigenvalue weighted by atomic mass is 35.5. The Morgan fingerprint density at radius 1 is 1.07 bits per heavy atom. The molecular weight excluding hydrogens is 431 g/mol. The first-order chi connectivity index (χ1) is 12.5. The fourth-order valence-corrected chi connectivity index (χ4v) is 2.95. The van der Waals surface area contributed by atoms with Crippen molar-refractivity contribution in [2.24, 2.45) is 0 Å². The zero-order chi connectivity index (χ0) is 20.4. The Morgan fingerprint density at radius 2 is 1.59 bits per heavy atom. The van der Waals surface area contributed by atoms with E-state index in [2.05, 4.69) is 0 Å². The quantitative estimate of drug-likeness (QED) is 0.402.